The van der Waals surface area contributed by atoms with E-state index in [-0.39, 0.29) is 5.82 Å². The largest absolute Gasteiger partial charge is 0.399 e. The summed E-state index contributed by atoms with van der Waals surface area (Å²) in [5.74, 6) is 0.955. The normalized spacial score (nSPS) is 19.5. The lowest BCUT2D eigenvalue weighted by molar-refractivity contribution is 0.415. The Morgan fingerprint density at radius 2 is 1.73 bits per heavy atom. The molecule has 1 aromatic carbocycles. The van der Waals surface area contributed by atoms with Gasteiger partial charge < -0.3 is 10.3 Å². The van der Waals surface area contributed by atoms with Crippen molar-refractivity contribution in [2.45, 2.75) is 85.6 Å². The van der Waals surface area contributed by atoms with Crippen molar-refractivity contribution >= 4 is 18.3 Å². The topological polar surface area (TPSA) is 30.9 Å². The van der Waals surface area contributed by atoms with E-state index in [0.717, 1.165) is 30.4 Å². The molecule has 2 N–H and O–H groups in total. The number of hydrogen-bond acceptors (Lipinski definition) is 2. The maximum absolute atomic E-state index is 13.6. The van der Waals surface area contributed by atoms with Crippen LogP contribution in [0.2, 0.25) is 0 Å². The molecular formula is C26H43FN2S. The summed E-state index contributed by atoms with van der Waals surface area (Å²) >= 11 is 4.29. The average Bonchev–Trinajstić information content (AvgIpc) is 3.28. The maximum atomic E-state index is 13.6. The second kappa shape index (κ2) is 14.3. The molecular weight excluding hydrogens is 391 g/mol. The Morgan fingerprint density at radius 1 is 1.13 bits per heavy atom. The standard InChI is InChI=1S/C20H25FN2S.3C2H6/c1-12-6-18(23-5-4-20(13(2)22)14(23)3)10-16(12)7-15-8-17(21)11-19(24)9-15;3*1-2/h4-5,8-9,11-12,16,18,24H,2,6-7,10,22H2,1,3H3;3*1-2H3. The molecule has 30 heavy (non-hydrogen) atoms. The Morgan fingerprint density at radius 3 is 2.23 bits per heavy atom. The summed E-state index contributed by atoms with van der Waals surface area (Å²) in [6, 6.07) is 7.59. The van der Waals surface area contributed by atoms with Gasteiger partial charge in [-0.3, -0.25) is 0 Å². The summed E-state index contributed by atoms with van der Waals surface area (Å²) in [5, 5.41) is 0. The quantitative estimate of drug-likeness (QED) is 0.468. The van der Waals surface area contributed by atoms with Gasteiger partial charge in [-0.25, -0.2) is 4.39 Å². The van der Waals surface area contributed by atoms with Gasteiger partial charge in [0.2, 0.25) is 0 Å². The van der Waals surface area contributed by atoms with Crippen LogP contribution in [0.15, 0.2) is 41.9 Å². The third kappa shape index (κ3) is 7.54. The van der Waals surface area contributed by atoms with Crippen molar-refractivity contribution in [1.29, 1.82) is 0 Å². The monoisotopic (exact) mass is 434 g/mol. The van der Waals surface area contributed by atoms with E-state index in [2.05, 4.69) is 49.9 Å². The van der Waals surface area contributed by atoms with Gasteiger partial charge in [0.1, 0.15) is 5.82 Å². The molecule has 4 heteroatoms. The molecule has 2 nitrogen and oxygen atoms in total. The summed E-state index contributed by atoms with van der Waals surface area (Å²) in [7, 11) is 0. The molecule has 0 bridgehead atoms. The summed E-state index contributed by atoms with van der Waals surface area (Å²) in [4.78, 5) is 0.694. The minimum atomic E-state index is -0.202. The van der Waals surface area contributed by atoms with Crippen LogP contribution in [0, 0.1) is 24.6 Å². The van der Waals surface area contributed by atoms with Crippen LogP contribution < -0.4 is 5.73 Å². The molecule has 1 heterocycles. The Labute approximate surface area is 190 Å². The van der Waals surface area contributed by atoms with Gasteiger partial charge in [-0.05, 0) is 67.9 Å². The molecule has 0 saturated heterocycles. The molecule has 0 spiro atoms. The first-order valence-corrected chi connectivity index (χ1v) is 11.9. The minimum absolute atomic E-state index is 0.202. The SMILES string of the molecule is C=C(N)c1ccn(C2CC(C)C(Cc3cc(F)cc(S)c3)C2)c1C.CC.CC.CC. The first-order valence-electron chi connectivity index (χ1n) is 11.5. The number of rotatable bonds is 4. The smallest absolute Gasteiger partial charge is 0.124 e. The van der Waals surface area contributed by atoms with E-state index in [0.29, 0.717) is 28.5 Å². The average molecular weight is 435 g/mol. The Bertz CT molecular complexity index is 746. The second-order valence-corrected chi connectivity index (χ2v) is 7.65. The Balaban J connectivity index is 0.00000129. The highest BCUT2D eigenvalue weighted by Crippen LogP contribution is 2.42. The van der Waals surface area contributed by atoms with Gasteiger partial charge in [-0.15, -0.1) is 12.6 Å². The van der Waals surface area contributed by atoms with Crippen LogP contribution in [0.25, 0.3) is 5.70 Å². The van der Waals surface area contributed by atoms with Gasteiger partial charge in [-0.1, -0.05) is 55.0 Å². The highest BCUT2D eigenvalue weighted by atomic mass is 32.1. The van der Waals surface area contributed by atoms with Gasteiger partial charge in [0, 0.05) is 34.1 Å². The number of hydrogen-bond donors (Lipinski definition) is 2. The number of aromatic nitrogens is 1. The van der Waals surface area contributed by atoms with Crippen molar-refractivity contribution in [3.05, 3.63) is 59.7 Å². The van der Waals surface area contributed by atoms with Gasteiger partial charge in [0.15, 0.2) is 0 Å². The molecule has 2 aromatic rings. The molecule has 0 amide bonds. The van der Waals surface area contributed by atoms with Gasteiger partial charge in [-0.2, -0.15) is 0 Å². The molecule has 0 radical (unpaired) electrons. The van der Waals surface area contributed by atoms with E-state index < -0.39 is 0 Å². The zero-order valence-electron chi connectivity index (χ0n) is 20.3. The molecule has 1 saturated carbocycles. The summed E-state index contributed by atoms with van der Waals surface area (Å²) in [5.41, 5.74) is 9.74. The lowest BCUT2D eigenvalue weighted by atomic mass is 9.91. The third-order valence-electron chi connectivity index (χ3n) is 5.38. The fourth-order valence-electron chi connectivity index (χ4n) is 4.13. The van der Waals surface area contributed by atoms with Gasteiger partial charge in [0.05, 0.1) is 0 Å². The summed E-state index contributed by atoms with van der Waals surface area (Å²) < 4.78 is 15.9. The van der Waals surface area contributed by atoms with Crippen molar-refractivity contribution in [2.24, 2.45) is 17.6 Å². The molecule has 3 rings (SSSR count). The molecule has 3 atom stereocenters. The van der Waals surface area contributed by atoms with Crippen LogP contribution in [-0.2, 0) is 6.42 Å². The van der Waals surface area contributed by atoms with E-state index in [9.17, 15) is 4.39 Å². The predicted octanol–water partition coefficient (Wildman–Crippen LogP) is 8.06. The predicted molar refractivity (Wildman–Crippen MR) is 135 cm³/mol. The zero-order valence-corrected chi connectivity index (χ0v) is 21.2. The molecule has 1 fully saturated rings. The maximum Gasteiger partial charge on any atom is 0.124 e. The van der Waals surface area contributed by atoms with E-state index in [1.165, 1.54) is 11.8 Å². The van der Waals surface area contributed by atoms with Gasteiger partial charge >= 0.3 is 0 Å². The van der Waals surface area contributed by atoms with E-state index in [4.69, 9.17) is 5.73 Å². The number of halogens is 1. The fourth-order valence-corrected chi connectivity index (χ4v) is 4.42. The summed E-state index contributed by atoms with van der Waals surface area (Å²) in [6.07, 6.45) is 5.27. The van der Waals surface area contributed by atoms with E-state index in [1.807, 2.05) is 47.6 Å². The van der Waals surface area contributed by atoms with Crippen LogP contribution in [0.3, 0.4) is 0 Å². The van der Waals surface area contributed by atoms with Crippen molar-refractivity contribution in [2.75, 3.05) is 0 Å². The number of nitrogens with two attached hydrogens (primary N) is 1. The fraction of sp³-hybridized carbons (Fsp3) is 0.538. The Hall–Kier alpha value is -1.68. The first-order chi connectivity index (χ1) is 14.3. The summed E-state index contributed by atoms with van der Waals surface area (Å²) in [6.45, 7) is 20.3. The number of nitrogens with zero attached hydrogens (tertiary/aromatic N) is 1. The third-order valence-corrected chi connectivity index (χ3v) is 5.64. The second-order valence-electron chi connectivity index (χ2n) is 7.13. The molecule has 1 aliphatic rings. The van der Waals surface area contributed by atoms with Gasteiger partial charge in [0.25, 0.3) is 0 Å². The molecule has 1 aromatic heterocycles. The molecule has 0 aliphatic heterocycles. The lowest BCUT2D eigenvalue weighted by Crippen LogP contribution is -2.09. The first kappa shape index (κ1) is 28.3. The minimum Gasteiger partial charge on any atom is -0.399 e. The van der Waals surface area contributed by atoms with E-state index in [1.54, 1.807) is 6.07 Å². The van der Waals surface area contributed by atoms with Crippen molar-refractivity contribution in [1.82, 2.24) is 4.57 Å². The Kier molecular flexibility index (Phi) is 13.5. The van der Waals surface area contributed by atoms with Crippen LogP contribution >= 0.6 is 12.6 Å². The molecule has 3 unspecified atom stereocenters. The molecule has 1 aliphatic carbocycles. The van der Waals surface area contributed by atoms with Crippen LogP contribution in [0.5, 0.6) is 0 Å². The highest BCUT2D eigenvalue weighted by molar-refractivity contribution is 7.80. The lowest BCUT2D eigenvalue weighted by Gasteiger charge is -2.17. The molecule has 170 valence electrons. The van der Waals surface area contributed by atoms with Crippen LogP contribution in [-0.4, -0.2) is 4.57 Å². The van der Waals surface area contributed by atoms with E-state index >= 15 is 0 Å². The zero-order chi connectivity index (χ0) is 23.4. The number of benzene rings is 1. The number of thiol groups is 1. The van der Waals surface area contributed by atoms with Crippen molar-refractivity contribution < 1.29 is 4.39 Å². The highest BCUT2D eigenvalue weighted by Gasteiger charge is 2.33. The van der Waals surface area contributed by atoms with Crippen molar-refractivity contribution in [3.63, 3.8) is 0 Å². The van der Waals surface area contributed by atoms with Crippen LogP contribution in [0.4, 0.5) is 4.39 Å². The van der Waals surface area contributed by atoms with Crippen molar-refractivity contribution in [3.8, 4) is 0 Å². The van der Waals surface area contributed by atoms with Crippen LogP contribution in [0.1, 0.15) is 84.2 Å².